The molecule has 6 heteroatoms. The van der Waals surface area contributed by atoms with E-state index in [0.717, 1.165) is 30.0 Å². The molecule has 126 valence electrons. The lowest BCUT2D eigenvalue weighted by Crippen LogP contribution is -2.45. The van der Waals surface area contributed by atoms with Crippen molar-refractivity contribution < 1.29 is 9.90 Å². The highest BCUT2D eigenvalue weighted by molar-refractivity contribution is 7.11. The molecule has 5 nitrogen and oxygen atoms in total. The fourth-order valence-corrected chi connectivity index (χ4v) is 3.36. The second-order valence-electron chi connectivity index (χ2n) is 6.76. The number of aliphatic hydroxyl groups is 1. The fourth-order valence-electron chi connectivity index (χ4n) is 2.34. The normalized spacial score (nSPS) is 13.0. The Morgan fingerprint density at radius 3 is 2.59 bits per heavy atom. The van der Waals surface area contributed by atoms with E-state index in [1.165, 1.54) is 4.88 Å². The minimum Gasteiger partial charge on any atom is -0.394 e. The molecule has 0 saturated carbocycles. The first kappa shape index (κ1) is 18.9. The predicted octanol–water partition coefficient (Wildman–Crippen LogP) is 2.65. The van der Waals surface area contributed by atoms with Crippen LogP contribution in [0.5, 0.6) is 0 Å². The molecule has 0 aliphatic rings. The summed E-state index contributed by atoms with van der Waals surface area (Å²) in [6.07, 6.45) is 2.42. The van der Waals surface area contributed by atoms with Crippen molar-refractivity contribution in [3.05, 3.63) is 15.6 Å². The highest BCUT2D eigenvalue weighted by atomic mass is 32.1. The molecule has 1 rings (SSSR count). The van der Waals surface area contributed by atoms with Crippen LogP contribution < -0.4 is 10.6 Å². The average molecular weight is 327 g/mol. The first-order valence-corrected chi connectivity index (χ1v) is 8.67. The summed E-state index contributed by atoms with van der Waals surface area (Å²) >= 11 is 1.69. The zero-order valence-electron chi connectivity index (χ0n) is 14.3. The molecule has 1 heterocycles. The van der Waals surface area contributed by atoms with Gasteiger partial charge in [-0.2, -0.15) is 0 Å². The molecule has 3 N–H and O–H groups in total. The Morgan fingerprint density at radius 1 is 1.41 bits per heavy atom. The fraction of sp³-hybridized carbons (Fsp3) is 0.750. The lowest BCUT2D eigenvalue weighted by Gasteiger charge is -2.25. The van der Waals surface area contributed by atoms with Crippen LogP contribution in [0.2, 0.25) is 0 Å². The van der Waals surface area contributed by atoms with Gasteiger partial charge in [0, 0.05) is 17.8 Å². The Balaban J connectivity index is 2.35. The molecular formula is C16H29N3O2S. The van der Waals surface area contributed by atoms with E-state index >= 15 is 0 Å². The molecule has 1 aromatic heterocycles. The molecule has 2 amide bonds. The van der Waals surface area contributed by atoms with Crippen molar-refractivity contribution in [1.82, 2.24) is 15.6 Å². The van der Waals surface area contributed by atoms with E-state index in [4.69, 9.17) is 0 Å². The topological polar surface area (TPSA) is 74.2 Å². The summed E-state index contributed by atoms with van der Waals surface area (Å²) in [6.45, 7) is 11.0. The Kier molecular flexibility index (Phi) is 7.29. The number of hydrogen-bond donors (Lipinski definition) is 3. The van der Waals surface area contributed by atoms with Crippen molar-refractivity contribution in [2.45, 2.75) is 59.9 Å². The minimum absolute atomic E-state index is 0.0454. The van der Waals surface area contributed by atoms with Crippen molar-refractivity contribution in [3.63, 3.8) is 0 Å². The molecule has 1 unspecified atom stereocenters. The van der Waals surface area contributed by atoms with Gasteiger partial charge in [0.05, 0.1) is 23.4 Å². The van der Waals surface area contributed by atoms with Crippen LogP contribution in [0.4, 0.5) is 4.79 Å². The first-order valence-electron chi connectivity index (χ1n) is 7.85. The Bertz CT molecular complexity index is 480. The summed E-state index contributed by atoms with van der Waals surface area (Å²) < 4.78 is 0. The summed E-state index contributed by atoms with van der Waals surface area (Å²) in [5.41, 5.74) is 1.21. The molecule has 0 aliphatic heterocycles. The molecular weight excluding hydrogens is 298 g/mol. The molecule has 0 fully saturated rings. The van der Waals surface area contributed by atoms with Gasteiger partial charge >= 0.3 is 6.03 Å². The van der Waals surface area contributed by atoms with Crippen LogP contribution in [0.3, 0.4) is 0 Å². The van der Waals surface area contributed by atoms with Crippen LogP contribution in [0.1, 0.15) is 49.7 Å². The number of nitrogens with one attached hydrogen (secondary N) is 2. The maximum Gasteiger partial charge on any atom is 0.315 e. The lowest BCUT2D eigenvalue weighted by atomic mass is 9.88. The first-order chi connectivity index (χ1) is 10.2. The molecule has 0 spiro atoms. The van der Waals surface area contributed by atoms with Gasteiger partial charge in [-0.15, -0.1) is 11.3 Å². The molecule has 0 aliphatic carbocycles. The van der Waals surface area contributed by atoms with E-state index in [0.29, 0.717) is 6.54 Å². The van der Waals surface area contributed by atoms with Crippen molar-refractivity contribution >= 4 is 17.4 Å². The third kappa shape index (κ3) is 6.75. The molecule has 0 saturated heterocycles. The van der Waals surface area contributed by atoms with Gasteiger partial charge in [0.2, 0.25) is 0 Å². The number of urea groups is 1. The van der Waals surface area contributed by atoms with Crippen LogP contribution >= 0.6 is 11.3 Å². The number of nitrogens with zero attached hydrogens (tertiary/aromatic N) is 1. The molecule has 22 heavy (non-hydrogen) atoms. The largest absolute Gasteiger partial charge is 0.394 e. The second-order valence-corrected chi connectivity index (χ2v) is 8.05. The van der Waals surface area contributed by atoms with Crippen molar-refractivity contribution in [2.75, 3.05) is 13.2 Å². The van der Waals surface area contributed by atoms with E-state index < -0.39 is 0 Å². The predicted molar refractivity (Wildman–Crippen MR) is 91.4 cm³/mol. The van der Waals surface area contributed by atoms with Gasteiger partial charge in [0.15, 0.2) is 0 Å². The molecule has 1 atom stereocenters. The smallest absolute Gasteiger partial charge is 0.315 e. The zero-order chi connectivity index (χ0) is 16.8. The third-order valence-corrected chi connectivity index (χ3v) is 4.38. The van der Waals surface area contributed by atoms with E-state index in [9.17, 15) is 9.90 Å². The molecule has 0 bridgehead atoms. The summed E-state index contributed by atoms with van der Waals surface area (Å²) in [4.78, 5) is 17.7. The number of amides is 2. The van der Waals surface area contributed by atoms with Crippen LogP contribution in [-0.2, 0) is 12.8 Å². The van der Waals surface area contributed by atoms with Gasteiger partial charge in [0.25, 0.3) is 0 Å². The zero-order valence-corrected chi connectivity index (χ0v) is 15.1. The van der Waals surface area contributed by atoms with Crippen LogP contribution in [0.15, 0.2) is 0 Å². The summed E-state index contributed by atoms with van der Waals surface area (Å²) in [5, 5.41) is 16.1. The van der Waals surface area contributed by atoms with Gasteiger partial charge in [-0.25, -0.2) is 9.78 Å². The van der Waals surface area contributed by atoms with Gasteiger partial charge in [-0.05, 0) is 25.2 Å². The number of hydrogen-bond acceptors (Lipinski definition) is 4. The maximum absolute atomic E-state index is 11.9. The standard InChI is InChI=1S/C16H29N3O2S/c1-6-13-11(2)22-14(19-13)7-8-17-15(21)18-12(10-20)9-16(3,4)5/h12,20H,6-10H2,1-5H3,(H2,17,18,21). The number of carbonyl (C=O) groups is 1. The van der Waals surface area contributed by atoms with E-state index in [-0.39, 0.29) is 24.1 Å². The monoisotopic (exact) mass is 327 g/mol. The number of rotatable bonds is 7. The summed E-state index contributed by atoms with van der Waals surface area (Å²) in [7, 11) is 0. The SMILES string of the molecule is CCc1nc(CCNC(=O)NC(CO)CC(C)(C)C)sc1C. The quantitative estimate of drug-likeness (QED) is 0.721. The van der Waals surface area contributed by atoms with E-state index in [2.05, 4.69) is 50.2 Å². The van der Waals surface area contributed by atoms with Gasteiger partial charge in [0.1, 0.15) is 0 Å². The Labute approximate surface area is 137 Å². The highest BCUT2D eigenvalue weighted by Gasteiger charge is 2.19. The number of thiazole rings is 1. The summed E-state index contributed by atoms with van der Waals surface area (Å²) in [5.74, 6) is 0. The van der Waals surface area contributed by atoms with Gasteiger partial charge in [-0.1, -0.05) is 27.7 Å². The van der Waals surface area contributed by atoms with Crippen LogP contribution in [-0.4, -0.2) is 35.3 Å². The number of aryl methyl sites for hydroxylation is 2. The van der Waals surface area contributed by atoms with Crippen LogP contribution in [0.25, 0.3) is 0 Å². The lowest BCUT2D eigenvalue weighted by molar-refractivity contribution is 0.191. The van der Waals surface area contributed by atoms with Gasteiger partial charge in [-0.3, -0.25) is 0 Å². The summed E-state index contributed by atoms with van der Waals surface area (Å²) in [6, 6.07) is -0.443. The third-order valence-electron chi connectivity index (χ3n) is 3.31. The number of aromatic nitrogens is 1. The van der Waals surface area contributed by atoms with Gasteiger partial charge < -0.3 is 15.7 Å². The van der Waals surface area contributed by atoms with E-state index in [1.54, 1.807) is 11.3 Å². The highest BCUT2D eigenvalue weighted by Crippen LogP contribution is 2.20. The Hall–Kier alpha value is -1.14. The average Bonchev–Trinajstić information content (AvgIpc) is 2.76. The van der Waals surface area contributed by atoms with Crippen molar-refractivity contribution in [2.24, 2.45) is 5.41 Å². The molecule has 1 aromatic rings. The van der Waals surface area contributed by atoms with E-state index in [1.807, 2.05) is 0 Å². The van der Waals surface area contributed by atoms with Crippen molar-refractivity contribution in [1.29, 1.82) is 0 Å². The molecule has 0 aromatic carbocycles. The van der Waals surface area contributed by atoms with Crippen LogP contribution in [0, 0.1) is 12.3 Å². The number of carbonyl (C=O) groups excluding carboxylic acids is 1. The Morgan fingerprint density at radius 2 is 2.09 bits per heavy atom. The van der Waals surface area contributed by atoms with Crippen molar-refractivity contribution in [3.8, 4) is 0 Å². The molecule has 0 radical (unpaired) electrons. The maximum atomic E-state index is 11.9. The minimum atomic E-state index is -0.229. The second kappa shape index (κ2) is 8.48. The number of aliphatic hydroxyl groups excluding tert-OH is 1.